The maximum absolute atomic E-state index is 11.9. The lowest BCUT2D eigenvalue weighted by Crippen LogP contribution is -2.41. The molecule has 8 heteroatoms. The molecule has 1 amide bonds. The second-order valence-corrected chi connectivity index (χ2v) is 8.12. The van der Waals surface area contributed by atoms with Crippen LogP contribution in [0.4, 0.5) is 0 Å². The second kappa shape index (κ2) is 7.52. The van der Waals surface area contributed by atoms with Gasteiger partial charge in [-0.25, -0.2) is 4.79 Å². The number of hydrogen-bond donors (Lipinski definition) is 2. The molecule has 0 unspecified atom stereocenters. The third kappa shape index (κ3) is 4.56. The van der Waals surface area contributed by atoms with Gasteiger partial charge in [0.05, 0.1) is 13.1 Å². The van der Waals surface area contributed by atoms with E-state index in [4.69, 9.17) is 5.11 Å². The van der Waals surface area contributed by atoms with E-state index in [-0.39, 0.29) is 5.91 Å². The van der Waals surface area contributed by atoms with Crippen LogP contribution >= 0.6 is 55.0 Å². The monoisotopic (exact) mass is 415 g/mol. The highest BCUT2D eigenvalue weighted by molar-refractivity contribution is 9.12. The predicted molar refractivity (Wildman–Crippen MR) is 81.6 cm³/mol. The lowest BCUT2D eigenvalue weighted by atomic mass is 10.2. The molecule has 0 fully saturated rings. The van der Waals surface area contributed by atoms with Gasteiger partial charge in [-0.15, -0.1) is 11.3 Å². The Morgan fingerprint density at radius 1 is 1.56 bits per heavy atom. The quantitative estimate of drug-likeness (QED) is 0.747. The van der Waals surface area contributed by atoms with Crippen LogP contribution in [0.2, 0.25) is 0 Å². The molecule has 0 aliphatic heterocycles. The van der Waals surface area contributed by atoms with Gasteiger partial charge in [0.15, 0.2) is 0 Å². The third-order valence-corrected chi connectivity index (χ3v) is 5.10. The van der Waals surface area contributed by atoms with Crippen LogP contribution in [-0.2, 0) is 4.79 Å². The van der Waals surface area contributed by atoms with Gasteiger partial charge in [-0.05, 0) is 56.4 Å². The van der Waals surface area contributed by atoms with Crippen molar-refractivity contribution in [2.45, 2.75) is 12.5 Å². The fourth-order valence-electron chi connectivity index (χ4n) is 1.22. The van der Waals surface area contributed by atoms with E-state index in [1.165, 1.54) is 11.3 Å². The molecule has 0 bridgehead atoms. The van der Waals surface area contributed by atoms with Crippen molar-refractivity contribution in [2.75, 3.05) is 12.0 Å². The van der Waals surface area contributed by atoms with Gasteiger partial charge >= 0.3 is 5.97 Å². The lowest BCUT2D eigenvalue weighted by Gasteiger charge is -2.13. The first-order chi connectivity index (χ1) is 8.45. The van der Waals surface area contributed by atoms with Gasteiger partial charge in [0.1, 0.15) is 6.04 Å². The van der Waals surface area contributed by atoms with E-state index < -0.39 is 12.0 Å². The van der Waals surface area contributed by atoms with Gasteiger partial charge < -0.3 is 10.4 Å². The van der Waals surface area contributed by atoms with Crippen LogP contribution in [-0.4, -0.2) is 35.0 Å². The number of halogens is 2. The maximum Gasteiger partial charge on any atom is 0.326 e. The molecule has 0 saturated heterocycles. The Kier molecular flexibility index (Phi) is 6.68. The highest BCUT2D eigenvalue weighted by atomic mass is 79.9. The van der Waals surface area contributed by atoms with Crippen molar-refractivity contribution in [1.82, 2.24) is 5.32 Å². The molecule has 0 saturated carbocycles. The Bertz CT molecular complexity index is 450. The molecule has 4 nitrogen and oxygen atoms in total. The largest absolute Gasteiger partial charge is 0.480 e. The fourth-order valence-corrected chi connectivity index (χ4v) is 4.49. The fraction of sp³-hybridized carbons (Fsp3) is 0.400. The van der Waals surface area contributed by atoms with Crippen molar-refractivity contribution in [1.29, 1.82) is 0 Å². The van der Waals surface area contributed by atoms with E-state index in [0.29, 0.717) is 21.5 Å². The number of carboxylic acid groups (broad SMARTS) is 1. The normalized spacial score (nSPS) is 12.2. The van der Waals surface area contributed by atoms with Crippen molar-refractivity contribution >= 4 is 66.8 Å². The molecule has 1 atom stereocenters. The number of carbonyl (C=O) groups is 2. The summed E-state index contributed by atoms with van der Waals surface area (Å²) < 4.78 is 1.50. The Morgan fingerprint density at radius 2 is 2.22 bits per heavy atom. The molecule has 0 spiro atoms. The van der Waals surface area contributed by atoms with Crippen LogP contribution in [0.1, 0.15) is 16.8 Å². The summed E-state index contributed by atoms with van der Waals surface area (Å²) >= 11 is 9.47. The number of carboxylic acids is 1. The van der Waals surface area contributed by atoms with Gasteiger partial charge in [0.2, 0.25) is 0 Å². The van der Waals surface area contributed by atoms with Crippen molar-refractivity contribution in [2.24, 2.45) is 0 Å². The van der Waals surface area contributed by atoms with E-state index in [0.717, 1.165) is 3.79 Å². The van der Waals surface area contributed by atoms with E-state index in [1.54, 1.807) is 17.8 Å². The Morgan fingerprint density at radius 3 is 2.67 bits per heavy atom. The number of aliphatic carboxylic acids is 1. The molecule has 100 valence electrons. The molecule has 0 aliphatic rings. The van der Waals surface area contributed by atoms with E-state index in [2.05, 4.69) is 37.2 Å². The van der Waals surface area contributed by atoms with E-state index in [1.807, 2.05) is 6.26 Å². The minimum atomic E-state index is -1.01. The molecule has 0 radical (unpaired) electrons. The average molecular weight is 417 g/mol. The molecule has 1 rings (SSSR count). The third-order valence-electron chi connectivity index (χ3n) is 2.12. The first-order valence-corrected chi connectivity index (χ1v) is 8.72. The molecular formula is C10H11Br2NO3S2. The highest BCUT2D eigenvalue weighted by Crippen LogP contribution is 2.31. The van der Waals surface area contributed by atoms with Gasteiger partial charge in [0.25, 0.3) is 5.91 Å². The standard InChI is InChI=1S/C10H11Br2NO3S2/c1-17-3-2-6(10(15)16)13-9(14)5-4-7(11)18-8(5)12/h4,6H,2-3H2,1H3,(H,13,14)(H,15,16)/t6-/m0/s1. The summed E-state index contributed by atoms with van der Waals surface area (Å²) in [5, 5.41) is 11.6. The Balaban J connectivity index is 2.72. The van der Waals surface area contributed by atoms with Crippen molar-refractivity contribution in [3.8, 4) is 0 Å². The first kappa shape index (κ1) is 16.0. The molecule has 1 aromatic heterocycles. The number of hydrogen-bond acceptors (Lipinski definition) is 4. The predicted octanol–water partition coefficient (Wildman–Crippen LogP) is 3.21. The van der Waals surface area contributed by atoms with E-state index in [9.17, 15) is 9.59 Å². The summed E-state index contributed by atoms with van der Waals surface area (Å²) in [6.07, 6.45) is 2.30. The van der Waals surface area contributed by atoms with Crippen LogP contribution in [0.15, 0.2) is 13.6 Å². The minimum Gasteiger partial charge on any atom is -0.480 e. The zero-order valence-electron chi connectivity index (χ0n) is 9.41. The van der Waals surface area contributed by atoms with Crippen molar-refractivity contribution in [3.05, 3.63) is 19.2 Å². The zero-order chi connectivity index (χ0) is 13.7. The Hall–Kier alpha value is -0.0500. The second-order valence-electron chi connectivity index (χ2n) is 3.38. The number of nitrogens with one attached hydrogen (secondary N) is 1. The summed E-state index contributed by atoms with van der Waals surface area (Å²) in [6.45, 7) is 0. The number of thiophene rings is 1. The topological polar surface area (TPSA) is 66.4 Å². The summed E-state index contributed by atoms with van der Waals surface area (Å²) in [5.41, 5.74) is 0.447. The lowest BCUT2D eigenvalue weighted by molar-refractivity contribution is -0.139. The van der Waals surface area contributed by atoms with Gasteiger partial charge in [-0.3, -0.25) is 4.79 Å². The molecule has 18 heavy (non-hydrogen) atoms. The number of thioether (sulfide) groups is 1. The van der Waals surface area contributed by atoms with Crippen molar-refractivity contribution in [3.63, 3.8) is 0 Å². The molecule has 1 heterocycles. The first-order valence-electron chi connectivity index (χ1n) is 4.93. The van der Waals surface area contributed by atoms with Crippen LogP contribution in [0.5, 0.6) is 0 Å². The molecular weight excluding hydrogens is 406 g/mol. The zero-order valence-corrected chi connectivity index (χ0v) is 14.2. The number of amides is 1. The van der Waals surface area contributed by atoms with Crippen LogP contribution < -0.4 is 5.32 Å². The van der Waals surface area contributed by atoms with Crippen LogP contribution in [0.3, 0.4) is 0 Å². The summed E-state index contributed by atoms with van der Waals surface area (Å²) in [5.74, 6) is -0.702. The molecule has 0 aliphatic carbocycles. The smallest absolute Gasteiger partial charge is 0.326 e. The highest BCUT2D eigenvalue weighted by Gasteiger charge is 2.22. The number of carbonyl (C=O) groups excluding carboxylic acids is 1. The van der Waals surface area contributed by atoms with Gasteiger partial charge in [-0.2, -0.15) is 11.8 Å². The molecule has 1 aromatic rings. The van der Waals surface area contributed by atoms with Gasteiger partial charge in [0, 0.05) is 0 Å². The van der Waals surface area contributed by atoms with Gasteiger partial charge in [-0.1, -0.05) is 0 Å². The minimum absolute atomic E-state index is 0.377. The van der Waals surface area contributed by atoms with E-state index >= 15 is 0 Å². The maximum atomic E-state index is 11.9. The number of rotatable bonds is 6. The van der Waals surface area contributed by atoms with Crippen LogP contribution in [0.25, 0.3) is 0 Å². The summed E-state index contributed by atoms with van der Waals surface area (Å²) in [4.78, 5) is 23.0. The average Bonchev–Trinajstić information content (AvgIpc) is 2.63. The molecule has 0 aromatic carbocycles. The molecule has 2 N–H and O–H groups in total. The van der Waals surface area contributed by atoms with Crippen LogP contribution in [0, 0.1) is 0 Å². The van der Waals surface area contributed by atoms with Crippen molar-refractivity contribution < 1.29 is 14.7 Å². The SMILES string of the molecule is CSCC[C@H](NC(=O)c1cc(Br)sc1Br)C(=O)O. The Labute approximate surface area is 130 Å². The summed E-state index contributed by atoms with van der Waals surface area (Å²) in [7, 11) is 0. The summed E-state index contributed by atoms with van der Waals surface area (Å²) in [6, 6.07) is 0.813.